The highest BCUT2D eigenvalue weighted by atomic mass is 16.5. The number of nitrogen functional groups attached to an aromatic ring is 1. The Kier molecular flexibility index (Phi) is 5.37. The van der Waals surface area contributed by atoms with Crippen molar-refractivity contribution in [2.75, 3.05) is 24.2 Å². The quantitative estimate of drug-likeness (QED) is 0.765. The summed E-state index contributed by atoms with van der Waals surface area (Å²) >= 11 is 0. The van der Waals surface area contributed by atoms with E-state index in [1.54, 1.807) is 0 Å². The highest BCUT2D eigenvalue weighted by Gasteiger charge is 2.12. The Morgan fingerprint density at radius 3 is 2.67 bits per heavy atom. The zero-order valence-electron chi connectivity index (χ0n) is 12.5. The van der Waals surface area contributed by atoms with Crippen molar-refractivity contribution >= 4 is 11.6 Å². The number of benzene rings is 1. The number of anilines is 2. The Labute approximate surface area is 125 Å². The lowest BCUT2D eigenvalue weighted by Gasteiger charge is -2.14. The Bertz CT molecular complexity index is 557. The van der Waals surface area contributed by atoms with Crippen molar-refractivity contribution in [2.24, 2.45) is 0 Å². The number of nitrogens with two attached hydrogens (primary N) is 1. The summed E-state index contributed by atoms with van der Waals surface area (Å²) in [6, 6.07) is 9.81. The molecule has 1 aromatic carbocycles. The van der Waals surface area contributed by atoms with E-state index in [4.69, 9.17) is 10.5 Å². The minimum Gasteiger partial charge on any atom is -0.494 e. The summed E-state index contributed by atoms with van der Waals surface area (Å²) in [7, 11) is 0. The Hall–Kier alpha value is -2.30. The van der Waals surface area contributed by atoms with Crippen LogP contribution in [0.1, 0.15) is 31.7 Å². The summed E-state index contributed by atoms with van der Waals surface area (Å²) in [5.74, 6) is 2.54. The molecular weight excluding hydrogens is 264 g/mol. The van der Waals surface area contributed by atoms with Crippen molar-refractivity contribution in [3.05, 3.63) is 42.2 Å². The number of hydrogen-bond donors (Lipinski definition) is 2. The predicted octanol–water partition coefficient (Wildman–Crippen LogP) is 3.06. The van der Waals surface area contributed by atoms with Crippen LogP contribution < -0.4 is 15.8 Å². The fourth-order valence-corrected chi connectivity index (χ4v) is 2.10. The van der Waals surface area contributed by atoms with Crippen LogP contribution in [0.25, 0.3) is 0 Å². The minimum absolute atomic E-state index is 0.286. The van der Waals surface area contributed by atoms with Gasteiger partial charge in [0.1, 0.15) is 23.7 Å². The molecule has 2 rings (SSSR count). The molecule has 21 heavy (non-hydrogen) atoms. The van der Waals surface area contributed by atoms with Gasteiger partial charge in [-0.2, -0.15) is 0 Å². The molecule has 0 saturated heterocycles. The van der Waals surface area contributed by atoms with E-state index in [2.05, 4.69) is 29.1 Å². The first-order valence-electron chi connectivity index (χ1n) is 7.20. The van der Waals surface area contributed by atoms with E-state index in [1.165, 1.54) is 6.33 Å². The van der Waals surface area contributed by atoms with Crippen LogP contribution in [-0.4, -0.2) is 23.1 Å². The van der Waals surface area contributed by atoms with Crippen LogP contribution in [0.3, 0.4) is 0 Å². The molecule has 0 aliphatic carbocycles. The zero-order valence-corrected chi connectivity index (χ0v) is 12.5. The number of ether oxygens (including phenoxy) is 1. The smallest absolute Gasteiger partial charge is 0.134 e. The van der Waals surface area contributed by atoms with Gasteiger partial charge in [-0.25, -0.2) is 9.97 Å². The van der Waals surface area contributed by atoms with Crippen LogP contribution in [0.5, 0.6) is 5.75 Å². The fourth-order valence-electron chi connectivity index (χ4n) is 2.10. The van der Waals surface area contributed by atoms with Gasteiger partial charge in [0, 0.05) is 12.1 Å². The molecule has 112 valence electrons. The molecule has 3 N–H and O–H groups in total. The largest absolute Gasteiger partial charge is 0.494 e. The molecule has 0 radical (unpaired) electrons. The third-order valence-electron chi connectivity index (χ3n) is 3.12. The van der Waals surface area contributed by atoms with Crippen LogP contribution in [0.15, 0.2) is 36.7 Å². The average Bonchev–Trinajstić information content (AvgIpc) is 2.47. The zero-order chi connectivity index (χ0) is 15.1. The maximum atomic E-state index is 5.91. The van der Waals surface area contributed by atoms with Gasteiger partial charge < -0.3 is 15.8 Å². The topological polar surface area (TPSA) is 73.1 Å². The molecule has 1 aromatic heterocycles. The van der Waals surface area contributed by atoms with Crippen LogP contribution in [0.2, 0.25) is 0 Å². The van der Waals surface area contributed by atoms with E-state index in [-0.39, 0.29) is 5.92 Å². The van der Waals surface area contributed by atoms with Crippen LogP contribution in [0.4, 0.5) is 11.6 Å². The van der Waals surface area contributed by atoms with E-state index in [1.807, 2.05) is 30.3 Å². The maximum Gasteiger partial charge on any atom is 0.134 e. The minimum atomic E-state index is 0.286. The van der Waals surface area contributed by atoms with Crippen molar-refractivity contribution in [1.82, 2.24) is 9.97 Å². The lowest BCUT2D eigenvalue weighted by Crippen LogP contribution is -2.12. The van der Waals surface area contributed by atoms with Crippen molar-refractivity contribution < 1.29 is 4.74 Å². The van der Waals surface area contributed by atoms with Crippen molar-refractivity contribution in [3.63, 3.8) is 0 Å². The summed E-state index contributed by atoms with van der Waals surface area (Å²) < 4.78 is 5.65. The molecule has 2 aromatic rings. The molecule has 5 heteroatoms. The number of nitrogens with one attached hydrogen (secondary N) is 1. The van der Waals surface area contributed by atoms with E-state index in [9.17, 15) is 0 Å². The normalized spacial score (nSPS) is 10.6. The molecule has 0 atom stereocenters. The lowest BCUT2D eigenvalue weighted by molar-refractivity contribution is 0.315. The summed E-state index contributed by atoms with van der Waals surface area (Å²) in [4.78, 5) is 8.32. The van der Waals surface area contributed by atoms with Crippen molar-refractivity contribution in [1.29, 1.82) is 0 Å². The average molecular weight is 286 g/mol. The van der Waals surface area contributed by atoms with Crippen molar-refractivity contribution in [2.45, 2.75) is 26.2 Å². The van der Waals surface area contributed by atoms with E-state index >= 15 is 0 Å². The molecule has 0 bridgehead atoms. The van der Waals surface area contributed by atoms with Crippen LogP contribution in [-0.2, 0) is 0 Å². The number of rotatable bonds is 7. The Morgan fingerprint density at radius 2 is 1.95 bits per heavy atom. The van der Waals surface area contributed by atoms with Gasteiger partial charge >= 0.3 is 0 Å². The van der Waals surface area contributed by atoms with E-state index in [0.717, 1.165) is 30.1 Å². The number of nitrogens with zero attached hydrogens (tertiary/aromatic N) is 2. The monoisotopic (exact) mass is 286 g/mol. The van der Waals surface area contributed by atoms with Crippen LogP contribution in [0, 0.1) is 0 Å². The van der Waals surface area contributed by atoms with Crippen LogP contribution >= 0.6 is 0 Å². The molecular formula is C16H22N4O. The summed E-state index contributed by atoms with van der Waals surface area (Å²) in [6.45, 7) is 5.61. The third-order valence-corrected chi connectivity index (χ3v) is 3.12. The van der Waals surface area contributed by atoms with Gasteiger partial charge in [0.05, 0.1) is 6.61 Å². The molecule has 0 aliphatic rings. The SMILES string of the molecule is CC(C)c1c(N)ncnc1NCCCOc1ccccc1. The predicted molar refractivity (Wildman–Crippen MR) is 85.6 cm³/mol. The Morgan fingerprint density at radius 1 is 1.19 bits per heavy atom. The first kappa shape index (κ1) is 15.1. The van der Waals surface area contributed by atoms with Gasteiger partial charge in [0.15, 0.2) is 0 Å². The molecule has 0 fully saturated rings. The van der Waals surface area contributed by atoms with Gasteiger partial charge in [-0.3, -0.25) is 0 Å². The van der Waals surface area contributed by atoms with Gasteiger partial charge in [-0.15, -0.1) is 0 Å². The van der Waals surface area contributed by atoms with E-state index in [0.29, 0.717) is 12.4 Å². The van der Waals surface area contributed by atoms with Gasteiger partial charge in [0.2, 0.25) is 0 Å². The number of aromatic nitrogens is 2. The van der Waals surface area contributed by atoms with Crippen molar-refractivity contribution in [3.8, 4) is 5.75 Å². The highest BCUT2D eigenvalue weighted by Crippen LogP contribution is 2.25. The molecule has 5 nitrogen and oxygen atoms in total. The highest BCUT2D eigenvalue weighted by molar-refractivity contribution is 5.56. The lowest BCUT2D eigenvalue weighted by atomic mass is 10.0. The summed E-state index contributed by atoms with van der Waals surface area (Å²) in [6.07, 6.45) is 2.38. The number of hydrogen-bond acceptors (Lipinski definition) is 5. The Balaban J connectivity index is 1.80. The second-order valence-electron chi connectivity index (χ2n) is 5.12. The number of para-hydroxylation sites is 1. The molecule has 0 spiro atoms. The maximum absolute atomic E-state index is 5.91. The molecule has 1 heterocycles. The van der Waals surface area contributed by atoms with Gasteiger partial charge in [0.25, 0.3) is 0 Å². The first-order chi connectivity index (χ1) is 10.2. The molecule has 0 saturated carbocycles. The third kappa shape index (κ3) is 4.34. The molecule has 0 unspecified atom stereocenters. The molecule has 0 amide bonds. The second kappa shape index (κ2) is 7.47. The second-order valence-corrected chi connectivity index (χ2v) is 5.12. The molecule has 0 aliphatic heterocycles. The fraction of sp³-hybridized carbons (Fsp3) is 0.375. The van der Waals surface area contributed by atoms with Gasteiger partial charge in [-0.1, -0.05) is 32.0 Å². The van der Waals surface area contributed by atoms with Gasteiger partial charge in [-0.05, 0) is 24.5 Å². The standard InChI is InChI=1S/C16H22N4O/c1-12(2)14-15(17)19-11-20-16(14)18-9-6-10-21-13-7-4-3-5-8-13/h3-5,7-8,11-12H,6,9-10H2,1-2H3,(H3,17,18,19,20). The first-order valence-corrected chi connectivity index (χ1v) is 7.20. The summed E-state index contributed by atoms with van der Waals surface area (Å²) in [5, 5.41) is 3.31. The van der Waals surface area contributed by atoms with E-state index < -0.39 is 0 Å². The summed E-state index contributed by atoms with van der Waals surface area (Å²) in [5.41, 5.74) is 6.89.